The minimum Gasteiger partial charge on any atom is -0.376 e. The van der Waals surface area contributed by atoms with E-state index in [4.69, 9.17) is 27.9 Å². The summed E-state index contributed by atoms with van der Waals surface area (Å²) in [4.78, 5) is 38.1. The van der Waals surface area contributed by atoms with Gasteiger partial charge in [-0.3, -0.25) is 14.5 Å². The lowest BCUT2D eigenvalue weighted by Gasteiger charge is -2.23. The van der Waals surface area contributed by atoms with Crippen molar-refractivity contribution in [1.29, 1.82) is 0 Å². The highest BCUT2D eigenvalue weighted by Gasteiger charge is 2.50. The first-order valence-corrected chi connectivity index (χ1v) is 9.05. The topological polar surface area (TPSA) is 87.7 Å². The summed E-state index contributed by atoms with van der Waals surface area (Å²) in [6.45, 7) is 2.24. The van der Waals surface area contributed by atoms with Crippen LogP contribution in [0.1, 0.15) is 25.3 Å². The lowest BCUT2D eigenvalue weighted by atomic mass is 9.92. The summed E-state index contributed by atoms with van der Waals surface area (Å²) in [5.41, 5.74) is -0.933. The molecule has 2 atom stereocenters. The minimum absolute atomic E-state index is 0.0137. The van der Waals surface area contributed by atoms with Gasteiger partial charge in [-0.15, -0.1) is 0 Å². The van der Waals surface area contributed by atoms with Gasteiger partial charge in [-0.05, 0) is 31.9 Å². The number of halogens is 2. The van der Waals surface area contributed by atoms with Gasteiger partial charge in [0.05, 0.1) is 6.10 Å². The average Bonchev–Trinajstić information content (AvgIpc) is 3.16. The first kappa shape index (κ1) is 18.9. The Morgan fingerprint density at radius 2 is 2.19 bits per heavy atom. The molecule has 2 heterocycles. The Hall–Kier alpha value is -1.83. The molecule has 7 nitrogen and oxygen atoms in total. The van der Waals surface area contributed by atoms with Crippen molar-refractivity contribution in [3.05, 3.63) is 33.8 Å². The lowest BCUT2D eigenvalue weighted by molar-refractivity contribution is -0.134. The van der Waals surface area contributed by atoms with Crippen LogP contribution in [0.15, 0.2) is 18.2 Å². The molecule has 0 aliphatic carbocycles. The fourth-order valence-corrected chi connectivity index (χ4v) is 3.75. The van der Waals surface area contributed by atoms with Crippen molar-refractivity contribution >= 4 is 41.0 Å². The number of benzene rings is 1. The first-order chi connectivity index (χ1) is 12.3. The second-order valence-corrected chi connectivity index (χ2v) is 7.35. The van der Waals surface area contributed by atoms with Gasteiger partial charge in [-0.2, -0.15) is 0 Å². The SMILES string of the molecule is CC1(c2ccc(Cl)cc2Cl)NC(=O)N(CC(=O)NCC2CCCO2)C1=O. The van der Waals surface area contributed by atoms with Crippen LogP contribution in [-0.4, -0.2) is 48.5 Å². The quantitative estimate of drug-likeness (QED) is 0.741. The number of imide groups is 1. The van der Waals surface area contributed by atoms with Gasteiger partial charge in [-0.1, -0.05) is 29.3 Å². The number of carbonyl (C=O) groups is 3. The van der Waals surface area contributed by atoms with Crippen molar-refractivity contribution in [3.63, 3.8) is 0 Å². The van der Waals surface area contributed by atoms with E-state index in [-0.39, 0.29) is 17.7 Å². The first-order valence-electron chi connectivity index (χ1n) is 8.29. The van der Waals surface area contributed by atoms with Gasteiger partial charge in [0.1, 0.15) is 12.1 Å². The zero-order valence-electron chi connectivity index (χ0n) is 14.2. The van der Waals surface area contributed by atoms with Crippen LogP contribution in [0.5, 0.6) is 0 Å². The van der Waals surface area contributed by atoms with Gasteiger partial charge in [0.2, 0.25) is 5.91 Å². The van der Waals surface area contributed by atoms with Crippen molar-refractivity contribution in [2.24, 2.45) is 0 Å². The zero-order valence-corrected chi connectivity index (χ0v) is 15.7. The number of carbonyl (C=O) groups excluding carboxylic acids is 3. The van der Waals surface area contributed by atoms with Gasteiger partial charge in [0, 0.05) is 28.8 Å². The van der Waals surface area contributed by atoms with Gasteiger partial charge >= 0.3 is 6.03 Å². The Morgan fingerprint density at radius 1 is 1.42 bits per heavy atom. The molecule has 2 N–H and O–H groups in total. The molecule has 0 bridgehead atoms. The number of rotatable bonds is 5. The Balaban J connectivity index is 1.68. The molecule has 0 radical (unpaired) electrons. The largest absolute Gasteiger partial charge is 0.376 e. The summed E-state index contributed by atoms with van der Waals surface area (Å²) in [5.74, 6) is -0.963. The summed E-state index contributed by atoms with van der Waals surface area (Å²) in [6, 6.07) is 4.03. The number of nitrogens with zero attached hydrogens (tertiary/aromatic N) is 1. The van der Waals surface area contributed by atoms with Gasteiger partial charge < -0.3 is 15.4 Å². The standard InChI is InChI=1S/C17H19Cl2N3O4/c1-17(12-5-4-10(18)7-13(12)19)15(24)22(16(25)21-17)9-14(23)20-8-11-3-2-6-26-11/h4-5,7,11H,2-3,6,8-9H2,1H3,(H,20,23)(H,21,25). The highest BCUT2D eigenvalue weighted by molar-refractivity contribution is 6.35. The Kier molecular flexibility index (Phi) is 5.41. The number of nitrogens with one attached hydrogen (secondary N) is 2. The fraction of sp³-hybridized carbons (Fsp3) is 0.471. The molecule has 2 aliphatic heterocycles. The van der Waals surface area contributed by atoms with Crippen LogP contribution in [0.4, 0.5) is 4.79 Å². The van der Waals surface area contributed by atoms with Crippen molar-refractivity contribution < 1.29 is 19.1 Å². The number of ether oxygens (including phenoxy) is 1. The number of hydrogen-bond donors (Lipinski definition) is 2. The molecule has 2 aliphatic rings. The maximum atomic E-state index is 12.8. The third-order valence-corrected chi connectivity index (χ3v) is 5.15. The molecule has 0 spiro atoms. The monoisotopic (exact) mass is 399 g/mol. The predicted molar refractivity (Wildman–Crippen MR) is 96.0 cm³/mol. The van der Waals surface area contributed by atoms with Crippen LogP contribution < -0.4 is 10.6 Å². The van der Waals surface area contributed by atoms with Crippen LogP contribution in [0.25, 0.3) is 0 Å². The van der Waals surface area contributed by atoms with E-state index in [1.54, 1.807) is 19.1 Å². The predicted octanol–water partition coefficient (Wildman–Crippen LogP) is 2.06. The summed E-state index contributed by atoms with van der Waals surface area (Å²) in [5, 5.41) is 5.99. The van der Waals surface area contributed by atoms with Crippen molar-refractivity contribution in [1.82, 2.24) is 15.5 Å². The molecule has 9 heteroatoms. The Labute approximate surface area is 160 Å². The molecule has 2 fully saturated rings. The van der Waals surface area contributed by atoms with Crippen molar-refractivity contribution in [2.45, 2.75) is 31.4 Å². The van der Waals surface area contributed by atoms with E-state index in [2.05, 4.69) is 10.6 Å². The third-order valence-electron chi connectivity index (χ3n) is 4.60. The average molecular weight is 400 g/mol. The number of hydrogen-bond acceptors (Lipinski definition) is 4. The third kappa shape index (κ3) is 3.65. The summed E-state index contributed by atoms with van der Waals surface area (Å²) >= 11 is 12.1. The van der Waals surface area contributed by atoms with Crippen LogP contribution in [0.2, 0.25) is 10.0 Å². The maximum absolute atomic E-state index is 12.8. The van der Waals surface area contributed by atoms with Crippen LogP contribution in [0.3, 0.4) is 0 Å². The van der Waals surface area contributed by atoms with Gasteiger partial charge in [-0.25, -0.2) is 4.79 Å². The van der Waals surface area contributed by atoms with E-state index in [9.17, 15) is 14.4 Å². The molecular weight excluding hydrogens is 381 g/mol. The van der Waals surface area contributed by atoms with E-state index in [1.807, 2.05) is 0 Å². The smallest absolute Gasteiger partial charge is 0.325 e. The Morgan fingerprint density at radius 3 is 2.85 bits per heavy atom. The maximum Gasteiger partial charge on any atom is 0.325 e. The summed E-state index contributed by atoms with van der Waals surface area (Å²) < 4.78 is 5.43. The lowest BCUT2D eigenvalue weighted by Crippen LogP contribution is -2.44. The fourth-order valence-electron chi connectivity index (χ4n) is 3.15. The molecule has 26 heavy (non-hydrogen) atoms. The van der Waals surface area contributed by atoms with E-state index in [1.165, 1.54) is 6.07 Å². The number of urea groups is 1. The summed E-state index contributed by atoms with van der Waals surface area (Å²) in [7, 11) is 0. The molecule has 1 aromatic carbocycles. The second kappa shape index (κ2) is 7.42. The molecule has 3 rings (SSSR count). The van der Waals surface area contributed by atoms with E-state index >= 15 is 0 Å². The van der Waals surface area contributed by atoms with E-state index in [0.717, 1.165) is 17.7 Å². The molecule has 1 aromatic rings. The van der Waals surface area contributed by atoms with Gasteiger partial charge in [0.25, 0.3) is 5.91 Å². The second-order valence-electron chi connectivity index (χ2n) is 6.51. The van der Waals surface area contributed by atoms with Crippen LogP contribution in [0, 0.1) is 0 Å². The molecule has 0 saturated carbocycles. The Bertz CT molecular complexity index is 752. The van der Waals surface area contributed by atoms with Crippen LogP contribution >= 0.6 is 23.2 Å². The highest BCUT2D eigenvalue weighted by Crippen LogP contribution is 2.34. The van der Waals surface area contributed by atoms with Crippen LogP contribution in [-0.2, 0) is 19.9 Å². The van der Waals surface area contributed by atoms with E-state index < -0.39 is 23.4 Å². The minimum atomic E-state index is -1.35. The molecule has 2 unspecified atom stereocenters. The van der Waals surface area contributed by atoms with Crippen molar-refractivity contribution in [2.75, 3.05) is 19.7 Å². The molecule has 0 aromatic heterocycles. The summed E-state index contributed by atoms with van der Waals surface area (Å²) in [6.07, 6.45) is 1.84. The molecule has 2 saturated heterocycles. The highest BCUT2D eigenvalue weighted by atomic mass is 35.5. The van der Waals surface area contributed by atoms with E-state index in [0.29, 0.717) is 23.7 Å². The normalized spacial score (nSPS) is 25.5. The molecule has 140 valence electrons. The molecular formula is C17H19Cl2N3O4. The van der Waals surface area contributed by atoms with Crippen molar-refractivity contribution in [3.8, 4) is 0 Å². The number of amides is 4. The zero-order chi connectivity index (χ0) is 18.9. The molecule has 4 amide bonds. The van der Waals surface area contributed by atoms with Gasteiger partial charge in [0.15, 0.2) is 0 Å².